The van der Waals surface area contributed by atoms with E-state index in [-0.39, 0.29) is 30.2 Å². The summed E-state index contributed by atoms with van der Waals surface area (Å²) in [6, 6.07) is 3.92. The molecular formula is C15H18ClFO4. The van der Waals surface area contributed by atoms with Crippen molar-refractivity contribution in [1.29, 1.82) is 0 Å². The standard InChI is InChI=1S/C15H18ClFO4/c1-4-15(5-2,13(18)20-6-3)14(19)21-12-10(16)8-7-9-11(12)17/h7-9H,4-6H2,1-3H3. The third kappa shape index (κ3) is 3.53. The van der Waals surface area contributed by atoms with Gasteiger partial charge in [-0.15, -0.1) is 0 Å². The van der Waals surface area contributed by atoms with Gasteiger partial charge in [-0.05, 0) is 31.9 Å². The van der Waals surface area contributed by atoms with Crippen molar-refractivity contribution in [2.75, 3.05) is 6.61 Å². The minimum Gasteiger partial charge on any atom is -0.465 e. The number of carbonyl (C=O) groups is 2. The molecule has 0 spiro atoms. The molecule has 0 radical (unpaired) electrons. The van der Waals surface area contributed by atoms with Crippen LogP contribution in [0.5, 0.6) is 5.75 Å². The van der Waals surface area contributed by atoms with E-state index in [1.165, 1.54) is 12.1 Å². The highest BCUT2D eigenvalue weighted by atomic mass is 35.5. The highest BCUT2D eigenvalue weighted by Gasteiger charge is 2.46. The highest BCUT2D eigenvalue weighted by molar-refractivity contribution is 6.32. The minimum atomic E-state index is -1.46. The molecule has 0 atom stereocenters. The second kappa shape index (κ2) is 7.41. The van der Waals surface area contributed by atoms with Gasteiger partial charge in [0.2, 0.25) is 0 Å². The summed E-state index contributed by atoms with van der Waals surface area (Å²) >= 11 is 5.82. The molecule has 0 saturated heterocycles. The average molecular weight is 317 g/mol. The van der Waals surface area contributed by atoms with Crippen LogP contribution in [0.3, 0.4) is 0 Å². The molecule has 0 aliphatic carbocycles. The number of para-hydroxylation sites is 1. The number of carbonyl (C=O) groups excluding carboxylic acids is 2. The molecule has 0 bridgehead atoms. The predicted molar refractivity (Wildman–Crippen MR) is 76.7 cm³/mol. The van der Waals surface area contributed by atoms with Crippen molar-refractivity contribution in [2.45, 2.75) is 33.6 Å². The molecule has 4 nitrogen and oxygen atoms in total. The zero-order valence-electron chi connectivity index (χ0n) is 12.2. The molecule has 0 fully saturated rings. The first kappa shape index (κ1) is 17.4. The first-order chi connectivity index (χ1) is 9.92. The lowest BCUT2D eigenvalue weighted by Crippen LogP contribution is -2.42. The molecular weight excluding hydrogens is 299 g/mol. The van der Waals surface area contributed by atoms with Crippen LogP contribution in [0, 0.1) is 11.2 Å². The van der Waals surface area contributed by atoms with Gasteiger partial charge in [0.25, 0.3) is 0 Å². The second-order valence-electron chi connectivity index (χ2n) is 4.45. The molecule has 0 heterocycles. The van der Waals surface area contributed by atoms with E-state index in [2.05, 4.69) is 0 Å². The molecule has 0 saturated carbocycles. The van der Waals surface area contributed by atoms with Gasteiger partial charge in [-0.3, -0.25) is 9.59 Å². The summed E-state index contributed by atoms with van der Waals surface area (Å²) in [4.78, 5) is 24.4. The molecule has 1 rings (SSSR count). The lowest BCUT2D eigenvalue weighted by atomic mass is 9.82. The Bertz CT molecular complexity index is 506. The monoisotopic (exact) mass is 316 g/mol. The Balaban J connectivity index is 3.11. The first-order valence-electron chi connectivity index (χ1n) is 6.76. The lowest BCUT2D eigenvalue weighted by molar-refractivity contribution is -0.167. The van der Waals surface area contributed by atoms with E-state index < -0.39 is 23.2 Å². The molecule has 0 amide bonds. The molecule has 0 unspecified atom stereocenters. The Morgan fingerprint density at radius 2 is 1.81 bits per heavy atom. The van der Waals surface area contributed by atoms with Crippen LogP contribution in [0.15, 0.2) is 18.2 Å². The van der Waals surface area contributed by atoms with E-state index in [0.29, 0.717) is 0 Å². The number of hydrogen-bond donors (Lipinski definition) is 0. The maximum Gasteiger partial charge on any atom is 0.329 e. The highest BCUT2D eigenvalue weighted by Crippen LogP contribution is 2.34. The topological polar surface area (TPSA) is 52.6 Å². The van der Waals surface area contributed by atoms with Crippen LogP contribution in [0.2, 0.25) is 5.02 Å². The van der Waals surface area contributed by atoms with Crippen LogP contribution in [0.1, 0.15) is 33.6 Å². The van der Waals surface area contributed by atoms with Crippen molar-refractivity contribution in [3.63, 3.8) is 0 Å². The van der Waals surface area contributed by atoms with E-state index in [1.807, 2.05) is 0 Å². The van der Waals surface area contributed by atoms with Crippen molar-refractivity contribution < 1.29 is 23.5 Å². The summed E-state index contributed by atoms with van der Waals surface area (Å²) in [5.41, 5.74) is -1.46. The van der Waals surface area contributed by atoms with E-state index >= 15 is 0 Å². The predicted octanol–water partition coefficient (Wildman–Crippen LogP) is 3.75. The van der Waals surface area contributed by atoms with Crippen LogP contribution >= 0.6 is 11.6 Å². The molecule has 1 aromatic carbocycles. The quantitative estimate of drug-likeness (QED) is 0.455. The second-order valence-corrected chi connectivity index (χ2v) is 4.86. The van der Waals surface area contributed by atoms with Crippen LogP contribution in [0.25, 0.3) is 0 Å². The van der Waals surface area contributed by atoms with E-state index in [9.17, 15) is 14.0 Å². The third-order valence-electron chi connectivity index (χ3n) is 3.38. The van der Waals surface area contributed by atoms with E-state index in [0.717, 1.165) is 6.07 Å². The van der Waals surface area contributed by atoms with Gasteiger partial charge in [-0.2, -0.15) is 0 Å². The van der Waals surface area contributed by atoms with Crippen LogP contribution < -0.4 is 4.74 Å². The fourth-order valence-corrected chi connectivity index (χ4v) is 2.15. The molecule has 116 valence electrons. The van der Waals surface area contributed by atoms with E-state index in [1.54, 1.807) is 20.8 Å². The SMILES string of the molecule is CCOC(=O)C(CC)(CC)C(=O)Oc1c(F)cccc1Cl. The molecule has 0 N–H and O–H groups in total. The molecule has 0 aliphatic heterocycles. The minimum absolute atomic E-state index is 0.0340. The maximum absolute atomic E-state index is 13.7. The molecule has 0 aliphatic rings. The summed E-state index contributed by atoms with van der Waals surface area (Å²) in [6.45, 7) is 5.14. The van der Waals surface area contributed by atoms with Gasteiger partial charge in [-0.25, -0.2) is 4.39 Å². The average Bonchev–Trinajstić information content (AvgIpc) is 2.45. The van der Waals surface area contributed by atoms with Crippen LogP contribution in [-0.2, 0) is 14.3 Å². The Labute approximate surface area is 128 Å². The zero-order valence-corrected chi connectivity index (χ0v) is 13.0. The van der Waals surface area contributed by atoms with Gasteiger partial charge in [-0.1, -0.05) is 31.5 Å². The number of hydrogen-bond acceptors (Lipinski definition) is 4. The van der Waals surface area contributed by atoms with Crippen LogP contribution in [-0.4, -0.2) is 18.5 Å². The lowest BCUT2D eigenvalue weighted by Gasteiger charge is -2.26. The third-order valence-corrected chi connectivity index (χ3v) is 3.68. The summed E-state index contributed by atoms with van der Waals surface area (Å²) in [6.07, 6.45) is 0.375. The number of ether oxygens (including phenoxy) is 2. The van der Waals surface area contributed by atoms with Gasteiger partial charge < -0.3 is 9.47 Å². The number of benzene rings is 1. The summed E-state index contributed by atoms with van der Waals surface area (Å²) in [7, 11) is 0. The number of esters is 2. The maximum atomic E-state index is 13.7. The Morgan fingerprint density at radius 3 is 2.29 bits per heavy atom. The largest absolute Gasteiger partial charge is 0.465 e. The van der Waals surface area contributed by atoms with Crippen molar-refractivity contribution in [3.8, 4) is 5.75 Å². The van der Waals surface area contributed by atoms with Crippen molar-refractivity contribution >= 4 is 23.5 Å². The smallest absolute Gasteiger partial charge is 0.329 e. The first-order valence-corrected chi connectivity index (χ1v) is 7.14. The fraction of sp³-hybridized carbons (Fsp3) is 0.467. The summed E-state index contributed by atoms with van der Waals surface area (Å²) in [5.74, 6) is -2.68. The Morgan fingerprint density at radius 1 is 1.19 bits per heavy atom. The van der Waals surface area contributed by atoms with E-state index in [4.69, 9.17) is 21.1 Å². The molecule has 0 aromatic heterocycles. The van der Waals surface area contributed by atoms with Crippen molar-refractivity contribution in [1.82, 2.24) is 0 Å². The van der Waals surface area contributed by atoms with Crippen LogP contribution in [0.4, 0.5) is 4.39 Å². The Kier molecular flexibility index (Phi) is 6.15. The van der Waals surface area contributed by atoms with Crippen molar-refractivity contribution in [3.05, 3.63) is 29.0 Å². The van der Waals surface area contributed by atoms with Gasteiger partial charge in [0.05, 0.1) is 11.6 Å². The van der Waals surface area contributed by atoms with Gasteiger partial charge in [0, 0.05) is 0 Å². The molecule has 6 heteroatoms. The number of halogens is 2. The molecule has 1 aromatic rings. The summed E-state index contributed by atoms with van der Waals surface area (Å²) < 4.78 is 23.7. The fourth-order valence-electron chi connectivity index (χ4n) is 1.95. The number of rotatable bonds is 6. The van der Waals surface area contributed by atoms with Gasteiger partial charge in [0.1, 0.15) is 0 Å². The summed E-state index contributed by atoms with van der Waals surface area (Å²) in [5, 5.41) is -0.0340. The molecule has 21 heavy (non-hydrogen) atoms. The van der Waals surface area contributed by atoms with Crippen molar-refractivity contribution in [2.24, 2.45) is 5.41 Å². The van der Waals surface area contributed by atoms with Gasteiger partial charge >= 0.3 is 11.9 Å². The Hall–Kier alpha value is -1.62. The zero-order chi connectivity index (χ0) is 16.0. The normalized spacial score (nSPS) is 11.1. The van der Waals surface area contributed by atoms with Gasteiger partial charge in [0.15, 0.2) is 17.0 Å².